The Labute approximate surface area is 169 Å². The number of anilines is 1. The second kappa shape index (κ2) is 7.31. The van der Waals surface area contributed by atoms with E-state index in [0.29, 0.717) is 5.92 Å². The zero-order valence-electron chi connectivity index (χ0n) is 17.5. The van der Waals surface area contributed by atoms with Crippen LogP contribution < -0.4 is 5.32 Å². The molecule has 2 unspecified atom stereocenters. The highest BCUT2D eigenvalue weighted by Crippen LogP contribution is 2.43. The lowest BCUT2D eigenvalue weighted by Gasteiger charge is -2.25. The fourth-order valence-corrected chi connectivity index (χ4v) is 4.76. The van der Waals surface area contributed by atoms with Gasteiger partial charge >= 0.3 is 0 Å². The SMILES string of the molecule is CC1=Cc2ccccc2C1c1ccccc1C(C)Nc1c(C)cc(C)cc1C. The normalized spacial score (nSPS) is 16.5. The second-order valence-electron chi connectivity index (χ2n) is 8.22. The van der Waals surface area contributed by atoms with Gasteiger partial charge < -0.3 is 5.32 Å². The van der Waals surface area contributed by atoms with Gasteiger partial charge in [-0.05, 0) is 68.0 Å². The number of hydrogen-bond acceptors (Lipinski definition) is 1. The number of allylic oxidation sites excluding steroid dienone is 1. The summed E-state index contributed by atoms with van der Waals surface area (Å²) in [7, 11) is 0. The van der Waals surface area contributed by atoms with Crippen LogP contribution in [0.4, 0.5) is 5.69 Å². The van der Waals surface area contributed by atoms with E-state index in [2.05, 4.69) is 107 Å². The van der Waals surface area contributed by atoms with Crippen molar-refractivity contribution in [1.82, 2.24) is 0 Å². The summed E-state index contributed by atoms with van der Waals surface area (Å²) in [5.41, 5.74) is 12.2. The van der Waals surface area contributed by atoms with Crippen LogP contribution in [0, 0.1) is 20.8 Å². The minimum atomic E-state index is 0.233. The molecule has 0 saturated heterocycles. The zero-order chi connectivity index (χ0) is 19.8. The molecule has 0 heterocycles. The Morgan fingerprint density at radius 2 is 1.39 bits per heavy atom. The van der Waals surface area contributed by atoms with E-state index in [1.165, 1.54) is 50.2 Å². The Morgan fingerprint density at radius 1 is 0.786 bits per heavy atom. The van der Waals surface area contributed by atoms with Crippen LogP contribution in [0.25, 0.3) is 6.08 Å². The first-order valence-electron chi connectivity index (χ1n) is 10.2. The smallest absolute Gasteiger partial charge is 0.0488 e. The Bertz CT molecular complexity index is 1030. The third-order valence-corrected chi connectivity index (χ3v) is 5.96. The Balaban J connectivity index is 1.73. The Kier molecular flexibility index (Phi) is 4.85. The summed E-state index contributed by atoms with van der Waals surface area (Å²) in [5.74, 6) is 0.344. The molecule has 1 aliphatic rings. The van der Waals surface area contributed by atoms with E-state index in [0.717, 1.165) is 0 Å². The molecule has 1 aliphatic carbocycles. The molecule has 142 valence electrons. The molecular formula is C27H29N. The summed E-state index contributed by atoms with van der Waals surface area (Å²) >= 11 is 0. The molecular weight excluding hydrogens is 338 g/mol. The van der Waals surface area contributed by atoms with Gasteiger partial charge in [0.15, 0.2) is 0 Å². The van der Waals surface area contributed by atoms with Crippen molar-refractivity contribution >= 4 is 11.8 Å². The highest BCUT2D eigenvalue weighted by atomic mass is 14.9. The first kappa shape index (κ1) is 18.6. The molecule has 1 N–H and O–H groups in total. The average Bonchev–Trinajstić information content (AvgIpc) is 3.00. The Morgan fingerprint density at radius 3 is 2.11 bits per heavy atom. The molecule has 2 atom stereocenters. The molecule has 0 aromatic heterocycles. The minimum absolute atomic E-state index is 0.233. The van der Waals surface area contributed by atoms with Crippen molar-refractivity contribution in [3.05, 3.63) is 105 Å². The summed E-state index contributed by atoms with van der Waals surface area (Å²) in [6, 6.07) is 22.4. The molecule has 0 bridgehead atoms. The number of rotatable bonds is 4. The van der Waals surface area contributed by atoms with Gasteiger partial charge in [0.05, 0.1) is 0 Å². The van der Waals surface area contributed by atoms with Gasteiger partial charge in [-0.15, -0.1) is 0 Å². The van der Waals surface area contributed by atoms with Crippen molar-refractivity contribution in [3.8, 4) is 0 Å². The topological polar surface area (TPSA) is 12.0 Å². The minimum Gasteiger partial charge on any atom is -0.378 e. The highest BCUT2D eigenvalue weighted by Gasteiger charge is 2.27. The molecule has 0 aliphatic heterocycles. The number of nitrogens with one attached hydrogen (secondary N) is 1. The summed E-state index contributed by atoms with van der Waals surface area (Å²) in [4.78, 5) is 0. The molecule has 1 heteroatoms. The van der Waals surface area contributed by atoms with Gasteiger partial charge in [-0.3, -0.25) is 0 Å². The van der Waals surface area contributed by atoms with E-state index in [1.54, 1.807) is 0 Å². The molecule has 3 aromatic carbocycles. The van der Waals surface area contributed by atoms with Crippen molar-refractivity contribution in [2.75, 3.05) is 5.32 Å². The molecule has 3 aromatic rings. The molecule has 4 rings (SSSR count). The predicted molar refractivity (Wildman–Crippen MR) is 121 cm³/mol. The van der Waals surface area contributed by atoms with Crippen LogP contribution in [-0.2, 0) is 0 Å². The van der Waals surface area contributed by atoms with Crippen LogP contribution in [0.5, 0.6) is 0 Å². The second-order valence-corrected chi connectivity index (χ2v) is 8.22. The highest BCUT2D eigenvalue weighted by molar-refractivity contribution is 5.69. The van der Waals surface area contributed by atoms with Crippen LogP contribution in [0.15, 0.2) is 66.2 Å². The van der Waals surface area contributed by atoms with E-state index in [4.69, 9.17) is 0 Å². The van der Waals surface area contributed by atoms with Gasteiger partial charge in [0.25, 0.3) is 0 Å². The molecule has 0 radical (unpaired) electrons. The monoisotopic (exact) mass is 367 g/mol. The summed E-state index contributed by atoms with van der Waals surface area (Å²) < 4.78 is 0. The van der Waals surface area contributed by atoms with E-state index in [-0.39, 0.29) is 6.04 Å². The number of aryl methyl sites for hydroxylation is 3. The van der Waals surface area contributed by atoms with E-state index in [1.807, 2.05) is 0 Å². The quantitative estimate of drug-likeness (QED) is 0.509. The fourth-order valence-electron chi connectivity index (χ4n) is 4.76. The summed E-state index contributed by atoms with van der Waals surface area (Å²) in [6.45, 7) is 11.1. The van der Waals surface area contributed by atoms with Gasteiger partial charge in [-0.25, -0.2) is 0 Å². The van der Waals surface area contributed by atoms with Crippen LogP contribution in [0.2, 0.25) is 0 Å². The van der Waals surface area contributed by atoms with Gasteiger partial charge in [0.1, 0.15) is 0 Å². The Hall–Kier alpha value is -2.80. The lowest BCUT2D eigenvalue weighted by molar-refractivity contribution is 0.837. The first-order valence-corrected chi connectivity index (χ1v) is 10.2. The molecule has 0 amide bonds. The molecule has 28 heavy (non-hydrogen) atoms. The fraction of sp³-hybridized carbons (Fsp3) is 0.259. The van der Waals surface area contributed by atoms with Crippen molar-refractivity contribution in [2.24, 2.45) is 0 Å². The van der Waals surface area contributed by atoms with E-state index < -0.39 is 0 Å². The maximum absolute atomic E-state index is 3.81. The molecule has 0 fully saturated rings. The summed E-state index contributed by atoms with van der Waals surface area (Å²) in [6.07, 6.45) is 2.34. The lowest BCUT2D eigenvalue weighted by Crippen LogP contribution is -2.13. The van der Waals surface area contributed by atoms with Crippen molar-refractivity contribution in [1.29, 1.82) is 0 Å². The van der Waals surface area contributed by atoms with E-state index in [9.17, 15) is 0 Å². The summed E-state index contributed by atoms with van der Waals surface area (Å²) in [5, 5.41) is 3.81. The van der Waals surface area contributed by atoms with Gasteiger partial charge in [-0.2, -0.15) is 0 Å². The van der Waals surface area contributed by atoms with Crippen molar-refractivity contribution in [2.45, 2.75) is 46.6 Å². The maximum atomic E-state index is 3.81. The van der Waals surface area contributed by atoms with Crippen molar-refractivity contribution in [3.63, 3.8) is 0 Å². The molecule has 0 saturated carbocycles. The first-order chi connectivity index (χ1) is 13.5. The standard InChI is InChI=1S/C27H29N/c1-17-14-19(3)27(20(4)15-17)28-21(5)23-11-8-9-13-25(23)26-18(2)16-22-10-6-7-12-24(22)26/h6-16,21,26,28H,1-5H3. The van der Waals surface area contributed by atoms with Crippen LogP contribution >= 0.6 is 0 Å². The number of fused-ring (bicyclic) bond motifs is 1. The van der Waals surface area contributed by atoms with Crippen LogP contribution in [0.3, 0.4) is 0 Å². The van der Waals surface area contributed by atoms with Crippen molar-refractivity contribution < 1.29 is 0 Å². The third-order valence-electron chi connectivity index (χ3n) is 5.96. The van der Waals surface area contributed by atoms with Gasteiger partial charge in [0, 0.05) is 17.6 Å². The number of hydrogen-bond donors (Lipinski definition) is 1. The van der Waals surface area contributed by atoms with E-state index >= 15 is 0 Å². The molecule has 1 nitrogen and oxygen atoms in total. The third kappa shape index (κ3) is 3.26. The predicted octanol–water partition coefficient (Wildman–Crippen LogP) is 7.33. The van der Waals surface area contributed by atoms with Crippen LogP contribution in [-0.4, -0.2) is 0 Å². The number of benzene rings is 3. The average molecular weight is 368 g/mol. The zero-order valence-corrected chi connectivity index (χ0v) is 17.5. The molecule has 0 spiro atoms. The lowest BCUT2D eigenvalue weighted by atomic mass is 9.84. The largest absolute Gasteiger partial charge is 0.378 e. The van der Waals surface area contributed by atoms with Gasteiger partial charge in [0.2, 0.25) is 0 Å². The van der Waals surface area contributed by atoms with Gasteiger partial charge in [-0.1, -0.05) is 77.9 Å². The van der Waals surface area contributed by atoms with Crippen LogP contribution in [0.1, 0.15) is 64.8 Å². The maximum Gasteiger partial charge on any atom is 0.0488 e.